The molecule has 0 bridgehead atoms. The molecule has 4 rings (SSSR count). The third kappa shape index (κ3) is 4.16. The number of aromatic nitrogens is 2. The van der Waals surface area contributed by atoms with E-state index in [2.05, 4.69) is 15.5 Å². The topological polar surface area (TPSA) is 77.2 Å². The van der Waals surface area contributed by atoms with Crippen molar-refractivity contribution in [3.8, 4) is 17.1 Å². The average Bonchev–Trinajstić information content (AvgIpc) is 3.28. The normalized spacial score (nSPS) is 11.6. The number of nitrogens with zero attached hydrogens (tertiary/aromatic N) is 2. The van der Waals surface area contributed by atoms with Crippen molar-refractivity contribution >= 4 is 5.91 Å². The standard InChI is InChI=1S/C23H19N3O3/c1-28-19-14-12-18(13-15-19)22(27)24-20(16-8-4-2-5-9-16)23-25-21(26-29-23)17-10-6-3-7-11-17/h2-15,20H,1H3,(H,24,27). The summed E-state index contributed by atoms with van der Waals surface area (Å²) < 4.78 is 10.7. The molecule has 1 N–H and O–H groups in total. The number of methoxy groups -OCH3 is 1. The molecule has 144 valence electrons. The highest BCUT2D eigenvalue weighted by Gasteiger charge is 2.24. The Hall–Kier alpha value is -3.93. The molecule has 1 amide bonds. The zero-order valence-corrected chi connectivity index (χ0v) is 15.8. The molecule has 0 fully saturated rings. The Kier molecular flexibility index (Phi) is 5.33. The number of carbonyl (C=O) groups excluding carboxylic acids is 1. The van der Waals surface area contributed by atoms with E-state index in [0.29, 0.717) is 23.0 Å². The minimum absolute atomic E-state index is 0.249. The van der Waals surface area contributed by atoms with Gasteiger partial charge in [0.1, 0.15) is 11.8 Å². The predicted molar refractivity (Wildman–Crippen MR) is 108 cm³/mol. The maximum Gasteiger partial charge on any atom is 0.254 e. The molecule has 0 spiro atoms. The van der Waals surface area contributed by atoms with Crippen LogP contribution in [-0.4, -0.2) is 23.2 Å². The van der Waals surface area contributed by atoms with Crippen LogP contribution in [0.3, 0.4) is 0 Å². The van der Waals surface area contributed by atoms with Crippen LogP contribution in [0.2, 0.25) is 0 Å². The van der Waals surface area contributed by atoms with Crippen LogP contribution in [0.1, 0.15) is 27.9 Å². The highest BCUT2D eigenvalue weighted by atomic mass is 16.5. The number of ether oxygens (including phenoxy) is 1. The molecule has 0 aliphatic rings. The Morgan fingerprint density at radius 1 is 0.931 bits per heavy atom. The van der Waals surface area contributed by atoms with Crippen molar-refractivity contribution in [3.63, 3.8) is 0 Å². The SMILES string of the molecule is COc1ccc(C(=O)NC(c2ccccc2)c2nc(-c3ccccc3)no2)cc1. The van der Waals surface area contributed by atoms with Crippen LogP contribution in [-0.2, 0) is 0 Å². The molecule has 3 aromatic carbocycles. The molecular formula is C23H19N3O3. The van der Waals surface area contributed by atoms with Crippen molar-refractivity contribution in [2.45, 2.75) is 6.04 Å². The average molecular weight is 385 g/mol. The summed E-state index contributed by atoms with van der Waals surface area (Å²) in [5, 5.41) is 7.07. The summed E-state index contributed by atoms with van der Waals surface area (Å²) in [6, 6.07) is 25.4. The molecule has 0 saturated heterocycles. The molecule has 1 atom stereocenters. The first-order valence-corrected chi connectivity index (χ1v) is 9.13. The summed E-state index contributed by atoms with van der Waals surface area (Å²) in [5.41, 5.74) is 2.20. The monoisotopic (exact) mass is 385 g/mol. The first-order valence-electron chi connectivity index (χ1n) is 9.13. The quantitative estimate of drug-likeness (QED) is 0.536. The number of hydrogen-bond acceptors (Lipinski definition) is 5. The Bertz CT molecular complexity index is 1080. The van der Waals surface area contributed by atoms with Gasteiger partial charge in [0.25, 0.3) is 11.8 Å². The highest BCUT2D eigenvalue weighted by molar-refractivity contribution is 5.94. The first kappa shape index (κ1) is 18.4. The second kappa shape index (κ2) is 8.39. The van der Waals surface area contributed by atoms with Gasteiger partial charge in [0.05, 0.1) is 7.11 Å². The van der Waals surface area contributed by atoms with E-state index in [0.717, 1.165) is 11.1 Å². The van der Waals surface area contributed by atoms with Crippen LogP contribution < -0.4 is 10.1 Å². The van der Waals surface area contributed by atoms with Gasteiger partial charge >= 0.3 is 0 Å². The fraction of sp³-hybridized carbons (Fsp3) is 0.0870. The predicted octanol–water partition coefficient (Wildman–Crippen LogP) is 4.26. The molecule has 6 nitrogen and oxygen atoms in total. The van der Waals surface area contributed by atoms with Crippen LogP contribution in [0.25, 0.3) is 11.4 Å². The van der Waals surface area contributed by atoms with Crippen LogP contribution in [0.15, 0.2) is 89.5 Å². The minimum Gasteiger partial charge on any atom is -0.497 e. The van der Waals surface area contributed by atoms with Gasteiger partial charge in [0.2, 0.25) is 5.82 Å². The van der Waals surface area contributed by atoms with Crippen LogP contribution >= 0.6 is 0 Å². The lowest BCUT2D eigenvalue weighted by Gasteiger charge is -2.15. The van der Waals surface area contributed by atoms with Crippen LogP contribution in [0.5, 0.6) is 5.75 Å². The van der Waals surface area contributed by atoms with Crippen LogP contribution in [0, 0.1) is 0 Å². The van der Waals surface area contributed by atoms with Gasteiger partial charge in [0.15, 0.2) is 0 Å². The third-order valence-corrected chi connectivity index (χ3v) is 4.48. The van der Waals surface area contributed by atoms with E-state index in [-0.39, 0.29) is 5.91 Å². The molecule has 0 aliphatic heterocycles. The van der Waals surface area contributed by atoms with E-state index in [9.17, 15) is 4.79 Å². The van der Waals surface area contributed by atoms with E-state index in [1.165, 1.54) is 0 Å². The Morgan fingerprint density at radius 2 is 1.59 bits per heavy atom. The zero-order valence-electron chi connectivity index (χ0n) is 15.8. The maximum atomic E-state index is 12.8. The lowest BCUT2D eigenvalue weighted by atomic mass is 10.1. The molecule has 0 saturated carbocycles. The third-order valence-electron chi connectivity index (χ3n) is 4.48. The Labute approximate surface area is 168 Å². The lowest BCUT2D eigenvalue weighted by Crippen LogP contribution is -2.29. The number of rotatable bonds is 6. The van der Waals surface area contributed by atoms with Gasteiger partial charge in [-0.2, -0.15) is 4.98 Å². The molecule has 1 aromatic heterocycles. The van der Waals surface area contributed by atoms with Crippen molar-refractivity contribution in [1.82, 2.24) is 15.5 Å². The van der Waals surface area contributed by atoms with E-state index >= 15 is 0 Å². The summed E-state index contributed by atoms with van der Waals surface area (Å²) in [7, 11) is 1.58. The number of amides is 1. The van der Waals surface area contributed by atoms with Gasteiger partial charge in [-0.1, -0.05) is 65.8 Å². The molecule has 4 aromatic rings. The number of carbonyl (C=O) groups is 1. The molecule has 0 radical (unpaired) electrons. The summed E-state index contributed by atoms with van der Waals surface area (Å²) in [6.07, 6.45) is 0. The summed E-state index contributed by atoms with van der Waals surface area (Å²) in [4.78, 5) is 17.4. The van der Waals surface area contributed by atoms with E-state index in [1.54, 1.807) is 31.4 Å². The lowest BCUT2D eigenvalue weighted by molar-refractivity contribution is 0.0936. The van der Waals surface area contributed by atoms with Gasteiger partial charge < -0.3 is 14.6 Å². The molecule has 1 unspecified atom stereocenters. The minimum atomic E-state index is -0.573. The molecular weight excluding hydrogens is 366 g/mol. The van der Waals surface area contributed by atoms with E-state index in [1.807, 2.05) is 60.7 Å². The highest BCUT2D eigenvalue weighted by Crippen LogP contribution is 2.24. The van der Waals surface area contributed by atoms with Crippen molar-refractivity contribution in [2.75, 3.05) is 7.11 Å². The molecule has 29 heavy (non-hydrogen) atoms. The smallest absolute Gasteiger partial charge is 0.254 e. The maximum absolute atomic E-state index is 12.8. The van der Waals surface area contributed by atoms with Crippen molar-refractivity contribution in [2.24, 2.45) is 0 Å². The van der Waals surface area contributed by atoms with Crippen molar-refractivity contribution in [1.29, 1.82) is 0 Å². The van der Waals surface area contributed by atoms with Crippen molar-refractivity contribution in [3.05, 3.63) is 102 Å². The summed E-state index contributed by atoms with van der Waals surface area (Å²) >= 11 is 0. The Morgan fingerprint density at radius 3 is 2.24 bits per heavy atom. The second-order valence-electron chi connectivity index (χ2n) is 6.37. The molecule has 6 heteroatoms. The number of nitrogens with one attached hydrogen (secondary N) is 1. The first-order chi connectivity index (χ1) is 14.2. The molecule has 1 heterocycles. The zero-order chi connectivity index (χ0) is 20.1. The van der Waals surface area contributed by atoms with Gasteiger partial charge in [0, 0.05) is 11.1 Å². The summed E-state index contributed by atoms with van der Waals surface area (Å²) in [6.45, 7) is 0. The largest absolute Gasteiger partial charge is 0.497 e. The van der Waals surface area contributed by atoms with Gasteiger partial charge in [-0.15, -0.1) is 0 Å². The van der Waals surface area contributed by atoms with Gasteiger partial charge in [-0.05, 0) is 29.8 Å². The van der Waals surface area contributed by atoms with Gasteiger partial charge in [-0.25, -0.2) is 0 Å². The second-order valence-corrected chi connectivity index (χ2v) is 6.37. The van der Waals surface area contributed by atoms with E-state index in [4.69, 9.17) is 9.26 Å². The van der Waals surface area contributed by atoms with Crippen LogP contribution in [0.4, 0.5) is 0 Å². The fourth-order valence-corrected chi connectivity index (χ4v) is 2.95. The molecule has 0 aliphatic carbocycles. The van der Waals surface area contributed by atoms with Crippen molar-refractivity contribution < 1.29 is 14.1 Å². The number of hydrogen-bond donors (Lipinski definition) is 1. The fourth-order valence-electron chi connectivity index (χ4n) is 2.95. The van der Waals surface area contributed by atoms with Gasteiger partial charge in [-0.3, -0.25) is 4.79 Å². The summed E-state index contributed by atoms with van der Waals surface area (Å²) in [5.74, 6) is 1.23. The number of benzene rings is 3. The Balaban J connectivity index is 1.64. The van der Waals surface area contributed by atoms with E-state index < -0.39 is 6.04 Å².